The first-order chi connectivity index (χ1) is 6.31. The summed E-state index contributed by atoms with van der Waals surface area (Å²) in [6, 6.07) is 1.85. The van der Waals surface area contributed by atoms with Crippen LogP contribution in [0.2, 0.25) is 0 Å². The van der Waals surface area contributed by atoms with Crippen molar-refractivity contribution in [1.82, 2.24) is 4.68 Å². The third-order valence-electron chi connectivity index (χ3n) is 1.51. The maximum absolute atomic E-state index is 11.7. The second kappa shape index (κ2) is 3.88. The van der Waals surface area contributed by atoms with Gasteiger partial charge < -0.3 is 4.74 Å². The van der Waals surface area contributed by atoms with Crippen molar-refractivity contribution in [3.05, 3.63) is 16.0 Å². The van der Waals surface area contributed by atoms with Gasteiger partial charge in [-0.2, -0.15) is 0 Å². The van der Waals surface area contributed by atoms with Crippen molar-refractivity contribution in [3.8, 4) is 0 Å². The molecule has 78 valence electrons. The maximum Gasteiger partial charge on any atom is 0.469 e. The Kier molecular flexibility index (Phi) is 3.18. The molecule has 0 atom stereocenters. The number of aromatic nitrogens is 2. The first kappa shape index (κ1) is 11.5. The molecular formula is C9H14IN2O2+. The fourth-order valence-electron chi connectivity index (χ4n) is 0.978. The zero-order valence-electron chi connectivity index (χ0n) is 8.74. The van der Waals surface area contributed by atoms with E-state index in [0.29, 0.717) is 0 Å². The fourth-order valence-corrected chi connectivity index (χ4v) is 1.68. The van der Waals surface area contributed by atoms with Gasteiger partial charge in [-0.05, 0) is 48.0 Å². The van der Waals surface area contributed by atoms with Crippen molar-refractivity contribution in [2.45, 2.75) is 26.4 Å². The van der Waals surface area contributed by atoms with Gasteiger partial charge in [-0.3, -0.25) is 0 Å². The normalized spacial score (nSPS) is 11.5. The molecule has 1 aromatic rings. The molecule has 1 rings (SSSR count). The van der Waals surface area contributed by atoms with E-state index in [-0.39, 0.29) is 6.09 Å². The van der Waals surface area contributed by atoms with E-state index >= 15 is 0 Å². The van der Waals surface area contributed by atoms with Crippen LogP contribution in [0.5, 0.6) is 0 Å². The highest BCUT2D eigenvalue weighted by Gasteiger charge is 2.24. The zero-order chi connectivity index (χ0) is 10.9. The second-order valence-corrected chi connectivity index (χ2v) is 5.11. The summed E-state index contributed by atoms with van der Waals surface area (Å²) in [5.41, 5.74) is -0.461. The predicted octanol–water partition coefficient (Wildman–Crippen LogP) is 1.70. The van der Waals surface area contributed by atoms with Gasteiger partial charge in [0.05, 0.1) is 0 Å². The summed E-state index contributed by atoms with van der Waals surface area (Å²) < 4.78 is 9.24. The summed E-state index contributed by atoms with van der Waals surface area (Å²) in [5, 5.41) is 0. The molecule has 0 aliphatic rings. The topological polar surface area (TPSA) is 35.1 Å². The Labute approximate surface area is 97.0 Å². The summed E-state index contributed by atoms with van der Waals surface area (Å²) >= 11 is 2.09. The molecule has 4 nitrogen and oxygen atoms in total. The molecule has 14 heavy (non-hydrogen) atoms. The van der Waals surface area contributed by atoms with Crippen molar-refractivity contribution in [3.63, 3.8) is 0 Å². The highest BCUT2D eigenvalue weighted by molar-refractivity contribution is 14.1. The highest BCUT2D eigenvalue weighted by atomic mass is 127. The number of aryl methyl sites for hydroxylation is 1. The highest BCUT2D eigenvalue weighted by Crippen LogP contribution is 2.10. The third kappa shape index (κ3) is 2.70. The first-order valence-electron chi connectivity index (χ1n) is 4.28. The van der Waals surface area contributed by atoms with Crippen LogP contribution in [0.1, 0.15) is 20.8 Å². The van der Waals surface area contributed by atoms with Gasteiger partial charge in [0.15, 0.2) is 16.9 Å². The molecule has 0 spiro atoms. The monoisotopic (exact) mass is 309 g/mol. The van der Waals surface area contributed by atoms with E-state index in [4.69, 9.17) is 4.74 Å². The van der Waals surface area contributed by atoms with E-state index in [1.807, 2.05) is 33.0 Å². The molecule has 0 unspecified atom stereocenters. The lowest BCUT2D eigenvalue weighted by molar-refractivity contribution is -0.743. The zero-order valence-corrected chi connectivity index (χ0v) is 10.9. The van der Waals surface area contributed by atoms with Crippen LogP contribution in [0.25, 0.3) is 0 Å². The Morgan fingerprint density at radius 3 is 2.50 bits per heavy atom. The molecule has 1 aromatic heterocycles. The summed E-state index contributed by atoms with van der Waals surface area (Å²) in [6.45, 7) is 5.55. The Hall–Kier alpha value is -0.590. The maximum atomic E-state index is 11.7. The van der Waals surface area contributed by atoms with Crippen molar-refractivity contribution < 1.29 is 14.2 Å². The Morgan fingerprint density at radius 2 is 2.14 bits per heavy atom. The molecule has 5 heteroatoms. The molecule has 0 bridgehead atoms. The van der Waals surface area contributed by atoms with E-state index in [9.17, 15) is 4.79 Å². The number of hydrogen-bond acceptors (Lipinski definition) is 2. The van der Waals surface area contributed by atoms with Crippen LogP contribution < -0.4 is 4.68 Å². The lowest BCUT2D eigenvalue weighted by Gasteiger charge is -2.18. The molecule has 0 aliphatic carbocycles. The third-order valence-corrected chi connectivity index (χ3v) is 2.33. The quantitative estimate of drug-likeness (QED) is 0.540. The van der Waals surface area contributed by atoms with Gasteiger partial charge in [0.1, 0.15) is 5.60 Å². The van der Waals surface area contributed by atoms with Crippen LogP contribution in [0.3, 0.4) is 0 Å². The van der Waals surface area contributed by atoms with Gasteiger partial charge in [0.25, 0.3) is 0 Å². The van der Waals surface area contributed by atoms with Crippen LogP contribution in [-0.2, 0) is 11.8 Å². The van der Waals surface area contributed by atoms with Crippen LogP contribution >= 0.6 is 22.6 Å². The average Bonchev–Trinajstić information content (AvgIpc) is 2.27. The first-order valence-corrected chi connectivity index (χ1v) is 5.35. The Morgan fingerprint density at radius 1 is 1.57 bits per heavy atom. The molecule has 0 aromatic carbocycles. The minimum Gasteiger partial charge on any atom is -0.440 e. The summed E-state index contributed by atoms with van der Waals surface area (Å²) in [6.07, 6.45) is 1.46. The number of rotatable bonds is 0. The molecule has 0 amide bonds. The van der Waals surface area contributed by atoms with Gasteiger partial charge in [0.2, 0.25) is 0 Å². The number of carbonyl (C=O) groups is 1. The van der Waals surface area contributed by atoms with Gasteiger partial charge in [-0.15, -0.1) is 4.68 Å². The average molecular weight is 309 g/mol. The minimum absolute atomic E-state index is 0.352. The van der Waals surface area contributed by atoms with Crippen molar-refractivity contribution in [2.75, 3.05) is 0 Å². The molecule has 0 fully saturated rings. The number of halogens is 1. The molecule has 0 saturated heterocycles. The largest absolute Gasteiger partial charge is 0.469 e. The molecule has 0 N–H and O–H groups in total. The van der Waals surface area contributed by atoms with Crippen LogP contribution in [0, 0.1) is 3.70 Å². The van der Waals surface area contributed by atoms with Gasteiger partial charge in [-0.25, -0.2) is 4.79 Å². The van der Waals surface area contributed by atoms with E-state index < -0.39 is 5.60 Å². The number of ether oxygens (including phenoxy) is 1. The van der Waals surface area contributed by atoms with E-state index in [1.54, 1.807) is 11.7 Å². The summed E-state index contributed by atoms with van der Waals surface area (Å²) in [5.74, 6) is 0. The Balaban J connectivity index is 2.90. The van der Waals surface area contributed by atoms with E-state index in [0.717, 1.165) is 3.70 Å². The lowest BCUT2D eigenvalue weighted by Crippen LogP contribution is -2.44. The van der Waals surface area contributed by atoms with Crippen molar-refractivity contribution >= 4 is 28.7 Å². The summed E-state index contributed by atoms with van der Waals surface area (Å²) in [4.78, 5) is 11.7. The van der Waals surface area contributed by atoms with Crippen LogP contribution in [0.4, 0.5) is 4.79 Å². The van der Waals surface area contributed by atoms with Crippen molar-refractivity contribution in [1.29, 1.82) is 0 Å². The molecule has 1 heterocycles. The van der Waals surface area contributed by atoms with Gasteiger partial charge in [-0.1, -0.05) is 0 Å². The van der Waals surface area contributed by atoms with Crippen molar-refractivity contribution in [2.24, 2.45) is 7.05 Å². The smallest absolute Gasteiger partial charge is 0.440 e. The van der Waals surface area contributed by atoms with Crippen LogP contribution in [-0.4, -0.2) is 16.4 Å². The predicted molar refractivity (Wildman–Crippen MR) is 60.0 cm³/mol. The molecular weight excluding hydrogens is 295 g/mol. The second-order valence-electron chi connectivity index (χ2n) is 4.00. The standard InChI is InChI=1S/C9H14IN2O2/c1-9(2,3)14-8(13)12-7(10)5-6-11(12)4/h5-6H,1-4H3/q+1. The number of hydrogen-bond donors (Lipinski definition) is 0. The molecule has 0 aliphatic heterocycles. The Bertz CT molecular complexity index is 333. The van der Waals surface area contributed by atoms with Gasteiger partial charge in [0, 0.05) is 6.07 Å². The SMILES string of the molecule is C[n+]1ccc(I)n1C(=O)OC(C)(C)C. The fraction of sp³-hybridized carbons (Fsp3) is 0.556. The van der Waals surface area contributed by atoms with Gasteiger partial charge >= 0.3 is 6.09 Å². The molecule has 0 radical (unpaired) electrons. The minimum atomic E-state index is -0.461. The summed E-state index contributed by atoms with van der Waals surface area (Å²) in [7, 11) is 1.80. The van der Waals surface area contributed by atoms with E-state index in [2.05, 4.69) is 22.6 Å². The lowest BCUT2D eigenvalue weighted by atomic mass is 10.2. The molecule has 0 saturated carbocycles. The number of nitrogens with zero attached hydrogens (tertiary/aromatic N) is 2. The number of carbonyl (C=O) groups excluding carboxylic acids is 1. The van der Waals surface area contributed by atoms with Crippen LogP contribution in [0.15, 0.2) is 12.3 Å². The van der Waals surface area contributed by atoms with E-state index in [1.165, 1.54) is 4.68 Å².